The zero-order valence-electron chi connectivity index (χ0n) is 20.7. The third-order valence-corrected chi connectivity index (χ3v) is 6.47. The van der Waals surface area contributed by atoms with Gasteiger partial charge in [0.25, 0.3) is 5.91 Å². The molecule has 12 nitrogen and oxygen atoms in total. The largest absolute Gasteiger partial charge is 0.494 e. The Balaban J connectivity index is 1.81. The Morgan fingerprint density at radius 3 is 1.63 bits per heavy atom. The molecule has 1 amide bonds. The molecule has 0 bridgehead atoms. The topological polar surface area (TPSA) is 204 Å². The highest BCUT2D eigenvalue weighted by atomic mass is 16.4. The molecular weight excluding hydrogens is 536 g/mol. The number of carboxylic acids is 4. The summed E-state index contributed by atoms with van der Waals surface area (Å²) in [7, 11) is 0. The maximum Gasteiger partial charge on any atom is 0.335 e. The van der Waals surface area contributed by atoms with E-state index in [1.165, 1.54) is 16.7 Å². The molecule has 12 heteroatoms. The number of carbonyl (C=O) groups is 5. The Morgan fingerprint density at radius 2 is 1.15 bits per heavy atom. The summed E-state index contributed by atoms with van der Waals surface area (Å²) in [6, 6.07) is 15.0. The molecule has 1 aromatic heterocycles. The van der Waals surface area contributed by atoms with Gasteiger partial charge in [0, 0.05) is 11.1 Å². The Hall–Kier alpha value is -6.04. The lowest BCUT2D eigenvalue weighted by molar-refractivity contribution is 0.0676. The summed E-state index contributed by atoms with van der Waals surface area (Å²) in [5, 5.41) is 49.7. The van der Waals surface area contributed by atoms with Gasteiger partial charge in [-0.05, 0) is 42.0 Å². The number of hydrogen-bond donors (Lipinski definition) is 5. The van der Waals surface area contributed by atoms with Gasteiger partial charge in [-0.15, -0.1) is 0 Å². The van der Waals surface area contributed by atoms with Crippen molar-refractivity contribution in [1.29, 1.82) is 0 Å². The maximum absolute atomic E-state index is 13.3. The first kappa shape index (κ1) is 26.6. The number of aliphatic imine (C=N–C) groups is 1. The Bertz CT molecular complexity index is 1790. The molecule has 0 atom stereocenters. The van der Waals surface area contributed by atoms with Gasteiger partial charge < -0.3 is 30.1 Å². The van der Waals surface area contributed by atoms with Crippen molar-refractivity contribution in [3.8, 4) is 17.1 Å². The highest BCUT2D eigenvalue weighted by molar-refractivity contribution is 6.30. The summed E-state index contributed by atoms with van der Waals surface area (Å²) in [5.41, 5.74) is -1.06. The standard InChI is InChI=1S/C29H18N2O10/c32-24-21-20(22(30-24)14-4-2-1-3-5-14)25(33)31(12-13-6-16(26(34)35)10-17(7-13)27(36)37)23(21)15-8-18(28(38)39)11-19(9-15)29(40)41/h1-11,33H,12H2,(H,34,35)(H,36,37)(H,38,39)(H,40,41). The van der Waals surface area contributed by atoms with Gasteiger partial charge in [0.05, 0.1) is 51.3 Å². The van der Waals surface area contributed by atoms with Crippen molar-refractivity contribution < 1.29 is 49.5 Å². The van der Waals surface area contributed by atoms with Crippen LogP contribution < -0.4 is 0 Å². The van der Waals surface area contributed by atoms with Gasteiger partial charge in [0.1, 0.15) is 0 Å². The van der Waals surface area contributed by atoms with E-state index in [1.54, 1.807) is 30.3 Å². The maximum atomic E-state index is 13.3. The van der Waals surface area contributed by atoms with Crippen LogP contribution in [0.3, 0.4) is 0 Å². The third-order valence-electron chi connectivity index (χ3n) is 6.47. The lowest BCUT2D eigenvalue weighted by Crippen LogP contribution is -2.10. The molecule has 0 aliphatic carbocycles. The molecule has 1 aliphatic rings. The first-order chi connectivity index (χ1) is 19.5. The quantitative estimate of drug-likeness (QED) is 0.214. The molecule has 1 aliphatic heterocycles. The molecule has 41 heavy (non-hydrogen) atoms. The van der Waals surface area contributed by atoms with Gasteiger partial charge in [-0.2, -0.15) is 0 Å². The minimum absolute atomic E-state index is 0.00153. The van der Waals surface area contributed by atoms with Crippen LogP contribution in [-0.2, 0) is 6.54 Å². The van der Waals surface area contributed by atoms with E-state index in [0.717, 1.165) is 24.3 Å². The van der Waals surface area contributed by atoms with Crippen LogP contribution >= 0.6 is 0 Å². The fourth-order valence-corrected chi connectivity index (χ4v) is 4.73. The molecule has 0 fully saturated rings. The molecule has 204 valence electrons. The van der Waals surface area contributed by atoms with Crippen LogP contribution in [0.25, 0.3) is 11.3 Å². The summed E-state index contributed by atoms with van der Waals surface area (Å²) in [6.45, 7) is -0.370. The second-order valence-corrected chi connectivity index (χ2v) is 9.08. The number of amides is 1. The highest BCUT2D eigenvalue weighted by Crippen LogP contribution is 2.42. The Labute approximate surface area is 229 Å². The molecule has 0 saturated heterocycles. The van der Waals surface area contributed by atoms with Gasteiger partial charge in [-0.1, -0.05) is 30.3 Å². The van der Waals surface area contributed by atoms with Gasteiger partial charge in [-0.25, -0.2) is 24.2 Å². The first-order valence-corrected chi connectivity index (χ1v) is 11.8. The fourth-order valence-electron chi connectivity index (χ4n) is 4.73. The number of hydrogen-bond acceptors (Lipinski definition) is 6. The molecule has 5 rings (SSSR count). The summed E-state index contributed by atoms with van der Waals surface area (Å²) in [6.07, 6.45) is 0. The van der Waals surface area contributed by atoms with E-state index in [2.05, 4.69) is 4.99 Å². The average Bonchev–Trinajstić information content (AvgIpc) is 3.43. The van der Waals surface area contributed by atoms with Crippen LogP contribution in [-0.4, -0.2) is 65.6 Å². The van der Waals surface area contributed by atoms with Crippen molar-refractivity contribution >= 4 is 35.5 Å². The van der Waals surface area contributed by atoms with Crippen molar-refractivity contribution in [2.45, 2.75) is 6.54 Å². The number of fused-ring (bicyclic) bond motifs is 1. The normalized spacial score (nSPS) is 12.1. The van der Waals surface area contributed by atoms with E-state index < -0.39 is 46.8 Å². The van der Waals surface area contributed by atoms with Crippen LogP contribution in [0.15, 0.2) is 71.7 Å². The summed E-state index contributed by atoms with van der Waals surface area (Å²) < 4.78 is 1.17. The SMILES string of the molecule is O=C(O)c1cc(Cn2c(O)c3c(c2-c2cc(C(=O)O)cc(C(=O)O)c2)C(=O)N=C3c2ccccc2)cc(C(=O)O)c1. The van der Waals surface area contributed by atoms with Crippen LogP contribution in [0.1, 0.15) is 68.5 Å². The Morgan fingerprint density at radius 1 is 0.659 bits per heavy atom. The van der Waals surface area contributed by atoms with E-state index in [4.69, 9.17) is 0 Å². The molecule has 2 heterocycles. The molecular formula is C29H18N2O10. The third kappa shape index (κ3) is 4.69. The van der Waals surface area contributed by atoms with Gasteiger partial charge in [-0.3, -0.25) is 4.79 Å². The van der Waals surface area contributed by atoms with Crippen LogP contribution in [0.4, 0.5) is 0 Å². The molecule has 0 spiro atoms. The zero-order chi connectivity index (χ0) is 29.6. The number of carbonyl (C=O) groups excluding carboxylic acids is 1. The fraction of sp³-hybridized carbons (Fsp3) is 0.0345. The molecule has 0 saturated carbocycles. The lowest BCUT2D eigenvalue weighted by atomic mass is 9.97. The summed E-state index contributed by atoms with van der Waals surface area (Å²) >= 11 is 0. The minimum Gasteiger partial charge on any atom is -0.494 e. The van der Waals surface area contributed by atoms with Crippen molar-refractivity contribution in [1.82, 2.24) is 4.57 Å². The predicted molar refractivity (Wildman–Crippen MR) is 141 cm³/mol. The summed E-state index contributed by atoms with van der Waals surface area (Å²) in [5.74, 6) is -6.97. The Kier molecular flexibility index (Phi) is 6.43. The number of aromatic hydroxyl groups is 1. The number of aromatic carboxylic acids is 4. The molecule has 5 N–H and O–H groups in total. The number of benzene rings is 3. The molecule has 0 unspecified atom stereocenters. The van der Waals surface area contributed by atoms with Crippen molar-refractivity contribution in [3.63, 3.8) is 0 Å². The first-order valence-electron chi connectivity index (χ1n) is 11.8. The zero-order valence-corrected chi connectivity index (χ0v) is 20.7. The lowest BCUT2D eigenvalue weighted by Gasteiger charge is -2.15. The highest BCUT2D eigenvalue weighted by Gasteiger charge is 2.36. The van der Waals surface area contributed by atoms with Gasteiger partial charge in [0.2, 0.25) is 5.88 Å². The van der Waals surface area contributed by atoms with Gasteiger partial charge >= 0.3 is 23.9 Å². The van der Waals surface area contributed by atoms with E-state index in [9.17, 15) is 49.5 Å². The minimum atomic E-state index is -1.44. The van der Waals surface area contributed by atoms with Crippen molar-refractivity contribution in [2.75, 3.05) is 0 Å². The number of rotatable bonds is 8. The molecule has 3 aromatic carbocycles. The van der Waals surface area contributed by atoms with E-state index >= 15 is 0 Å². The summed E-state index contributed by atoms with van der Waals surface area (Å²) in [4.78, 5) is 64.4. The average molecular weight is 554 g/mol. The monoisotopic (exact) mass is 554 g/mol. The van der Waals surface area contributed by atoms with E-state index in [0.29, 0.717) is 5.56 Å². The van der Waals surface area contributed by atoms with Crippen molar-refractivity contribution in [2.24, 2.45) is 4.99 Å². The molecule has 4 aromatic rings. The van der Waals surface area contributed by atoms with E-state index in [-0.39, 0.29) is 51.3 Å². The predicted octanol–water partition coefficient (Wildman–Crippen LogP) is 3.69. The van der Waals surface area contributed by atoms with Crippen LogP contribution in [0.5, 0.6) is 5.88 Å². The number of aromatic nitrogens is 1. The van der Waals surface area contributed by atoms with Crippen LogP contribution in [0.2, 0.25) is 0 Å². The van der Waals surface area contributed by atoms with E-state index in [1.807, 2.05) is 0 Å². The van der Waals surface area contributed by atoms with Crippen molar-refractivity contribution in [3.05, 3.63) is 111 Å². The smallest absolute Gasteiger partial charge is 0.335 e. The van der Waals surface area contributed by atoms with Gasteiger partial charge in [0.15, 0.2) is 0 Å². The van der Waals surface area contributed by atoms with Crippen LogP contribution in [0, 0.1) is 0 Å². The molecule has 0 radical (unpaired) electrons. The number of nitrogens with zero attached hydrogens (tertiary/aromatic N) is 2. The second kappa shape index (κ2) is 9.93. The second-order valence-electron chi connectivity index (χ2n) is 9.08. The number of carboxylic acid groups (broad SMARTS) is 4.